The fraction of sp³-hybridized carbons (Fsp3) is 0.529. The number of nitrogens with one attached hydrogen (secondary N) is 1. The second kappa shape index (κ2) is 9.20. The van der Waals surface area contributed by atoms with Crippen LogP contribution in [-0.2, 0) is 16.0 Å². The molecular formula is C17H26N2O3. The monoisotopic (exact) mass is 306 g/mol. The van der Waals surface area contributed by atoms with Crippen molar-refractivity contribution < 1.29 is 14.7 Å². The van der Waals surface area contributed by atoms with Gasteiger partial charge < -0.3 is 15.3 Å². The third-order valence-electron chi connectivity index (χ3n) is 3.52. The highest BCUT2D eigenvalue weighted by atomic mass is 16.3. The van der Waals surface area contributed by atoms with Crippen LogP contribution in [0.5, 0.6) is 0 Å². The lowest BCUT2D eigenvalue weighted by Crippen LogP contribution is -2.52. The van der Waals surface area contributed by atoms with Gasteiger partial charge in [0.2, 0.25) is 11.8 Å². The molecule has 1 aromatic rings. The normalized spacial score (nSPS) is 12.0. The van der Waals surface area contributed by atoms with Crippen LogP contribution in [0.2, 0.25) is 0 Å². The standard InChI is InChI=1S/C17H26N2O3/c1-4-19(10-11-20)17(22)16(13(2)3)18-15(21)12-14-8-6-5-7-9-14/h5-9,13,16,20H,4,10-12H2,1-3H3,(H,18,21). The minimum absolute atomic E-state index is 0.0139. The average molecular weight is 306 g/mol. The van der Waals surface area contributed by atoms with Gasteiger partial charge >= 0.3 is 0 Å². The van der Waals surface area contributed by atoms with Crippen LogP contribution in [-0.4, -0.2) is 47.6 Å². The minimum atomic E-state index is -0.567. The zero-order valence-corrected chi connectivity index (χ0v) is 13.6. The number of aliphatic hydroxyl groups excluding tert-OH is 1. The zero-order valence-electron chi connectivity index (χ0n) is 13.6. The van der Waals surface area contributed by atoms with Gasteiger partial charge in [-0.15, -0.1) is 0 Å². The molecule has 0 spiro atoms. The number of nitrogens with zero attached hydrogens (tertiary/aromatic N) is 1. The summed E-state index contributed by atoms with van der Waals surface area (Å²) in [4.78, 5) is 26.2. The predicted molar refractivity (Wildman–Crippen MR) is 86.3 cm³/mol. The maximum Gasteiger partial charge on any atom is 0.245 e. The highest BCUT2D eigenvalue weighted by Crippen LogP contribution is 2.08. The quantitative estimate of drug-likeness (QED) is 0.758. The van der Waals surface area contributed by atoms with Crippen molar-refractivity contribution in [2.45, 2.75) is 33.2 Å². The fourth-order valence-electron chi connectivity index (χ4n) is 2.26. The SMILES string of the molecule is CCN(CCO)C(=O)C(NC(=O)Cc1ccccc1)C(C)C. The van der Waals surface area contributed by atoms with Gasteiger partial charge in [0.1, 0.15) is 6.04 Å². The molecule has 0 bridgehead atoms. The van der Waals surface area contributed by atoms with Gasteiger partial charge in [0, 0.05) is 13.1 Å². The van der Waals surface area contributed by atoms with E-state index in [1.165, 1.54) is 0 Å². The molecule has 1 atom stereocenters. The van der Waals surface area contributed by atoms with E-state index < -0.39 is 6.04 Å². The molecule has 0 heterocycles. The summed E-state index contributed by atoms with van der Waals surface area (Å²) in [5.41, 5.74) is 0.915. The molecule has 2 N–H and O–H groups in total. The van der Waals surface area contributed by atoms with Crippen LogP contribution in [0, 0.1) is 5.92 Å². The molecule has 0 saturated heterocycles. The second-order valence-corrected chi connectivity index (χ2v) is 5.59. The van der Waals surface area contributed by atoms with Gasteiger partial charge in [-0.3, -0.25) is 9.59 Å². The van der Waals surface area contributed by atoms with Gasteiger partial charge in [-0.1, -0.05) is 44.2 Å². The van der Waals surface area contributed by atoms with Crippen LogP contribution in [0.25, 0.3) is 0 Å². The van der Waals surface area contributed by atoms with E-state index in [0.717, 1.165) is 5.56 Å². The first-order valence-corrected chi connectivity index (χ1v) is 7.72. The molecule has 0 aliphatic rings. The van der Waals surface area contributed by atoms with Crippen molar-refractivity contribution in [3.8, 4) is 0 Å². The second-order valence-electron chi connectivity index (χ2n) is 5.59. The largest absolute Gasteiger partial charge is 0.395 e. The minimum Gasteiger partial charge on any atom is -0.395 e. The first-order chi connectivity index (χ1) is 10.5. The lowest BCUT2D eigenvalue weighted by atomic mass is 10.0. The highest BCUT2D eigenvalue weighted by molar-refractivity contribution is 5.88. The summed E-state index contributed by atoms with van der Waals surface area (Å²) in [7, 11) is 0. The molecule has 0 aliphatic carbocycles. The summed E-state index contributed by atoms with van der Waals surface area (Å²) in [6.07, 6.45) is 0.253. The third kappa shape index (κ3) is 5.48. The molecule has 0 radical (unpaired) electrons. The summed E-state index contributed by atoms with van der Waals surface area (Å²) in [5, 5.41) is 11.9. The Hall–Kier alpha value is -1.88. The van der Waals surface area contributed by atoms with Crippen LogP contribution in [0.1, 0.15) is 26.3 Å². The fourth-order valence-corrected chi connectivity index (χ4v) is 2.26. The molecule has 1 rings (SSSR count). The van der Waals surface area contributed by atoms with Gasteiger partial charge in [-0.25, -0.2) is 0 Å². The third-order valence-corrected chi connectivity index (χ3v) is 3.52. The Morgan fingerprint density at radius 2 is 1.86 bits per heavy atom. The summed E-state index contributed by atoms with van der Waals surface area (Å²) < 4.78 is 0. The van der Waals surface area contributed by atoms with Gasteiger partial charge in [0.25, 0.3) is 0 Å². The lowest BCUT2D eigenvalue weighted by molar-refractivity contribution is -0.137. The summed E-state index contributed by atoms with van der Waals surface area (Å²) in [5.74, 6) is -0.328. The lowest BCUT2D eigenvalue weighted by Gasteiger charge is -2.28. The first kappa shape index (κ1) is 18.2. The number of carbonyl (C=O) groups excluding carboxylic acids is 2. The zero-order chi connectivity index (χ0) is 16.5. The van der Waals surface area contributed by atoms with Crippen LogP contribution >= 0.6 is 0 Å². The van der Waals surface area contributed by atoms with Crippen molar-refractivity contribution in [1.29, 1.82) is 0 Å². The maximum atomic E-state index is 12.5. The van der Waals surface area contributed by atoms with Crippen molar-refractivity contribution >= 4 is 11.8 Å². The Balaban J connectivity index is 2.71. The number of rotatable bonds is 8. The van der Waals surface area contributed by atoms with E-state index in [2.05, 4.69) is 5.32 Å². The number of benzene rings is 1. The van der Waals surface area contributed by atoms with E-state index in [9.17, 15) is 9.59 Å². The van der Waals surface area contributed by atoms with E-state index in [-0.39, 0.29) is 37.3 Å². The number of hydrogen-bond acceptors (Lipinski definition) is 3. The molecule has 22 heavy (non-hydrogen) atoms. The van der Waals surface area contributed by atoms with Crippen LogP contribution in [0.3, 0.4) is 0 Å². The molecule has 0 aromatic heterocycles. The number of aliphatic hydroxyl groups is 1. The van der Waals surface area contributed by atoms with E-state index in [1.54, 1.807) is 4.90 Å². The molecule has 0 aliphatic heterocycles. The molecule has 5 nitrogen and oxygen atoms in total. The Labute approximate surface area is 132 Å². The van der Waals surface area contributed by atoms with Crippen LogP contribution < -0.4 is 5.32 Å². The Morgan fingerprint density at radius 1 is 1.23 bits per heavy atom. The summed E-state index contributed by atoms with van der Waals surface area (Å²) in [6, 6.07) is 8.87. The van der Waals surface area contributed by atoms with E-state index in [0.29, 0.717) is 6.54 Å². The molecule has 1 aromatic carbocycles. The summed E-state index contributed by atoms with van der Waals surface area (Å²) >= 11 is 0. The van der Waals surface area contributed by atoms with Crippen LogP contribution in [0.4, 0.5) is 0 Å². The molecule has 122 valence electrons. The number of likely N-dealkylation sites (N-methyl/N-ethyl adjacent to an activating group) is 1. The topological polar surface area (TPSA) is 69.6 Å². The predicted octanol–water partition coefficient (Wildman–Crippen LogP) is 1.21. The Morgan fingerprint density at radius 3 is 2.36 bits per heavy atom. The van der Waals surface area contributed by atoms with E-state index in [1.807, 2.05) is 51.1 Å². The van der Waals surface area contributed by atoms with Gasteiger partial charge in [0.05, 0.1) is 13.0 Å². The van der Waals surface area contributed by atoms with E-state index >= 15 is 0 Å². The van der Waals surface area contributed by atoms with Crippen molar-refractivity contribution in [2.24, 2.45) is 5.92 Å². The maximum absolute atomic E-state index is 12.5. The van der Waals surface area contributed by atoms with Gasteiger partial charge in [-0.2, -0.15) is 0 Å². The number of carbonyl (C=O) groups is 2. The molecule has 1 unspecified atom stereocenters. The Bertz CT molecular complexity index is 474. The van der Waals surface area contributed by atoms with Gasteiger partial charge in [-0.05, 0) is 18.4 Å². The average Bonchev–Trinajstić information content (AvgIpc) is 2.50. The molecule has 5 heteroatoms. The van der Waals surface area contributed by atoms with Crippen molar-refractivity contribution in [3.63, 3.8) is 0 Å². The first-order valence-electron chi connectivity index (χ1n) is 7.72. The molecule has 2 amide bonds. The molecule has 0 saturated carbocycles. The van der Waals surface area contributed by atoms with Crippen molar-refractivity contribution in [3.05, 3.63) is 35.9 Å². The molecular weight excluding hydrogens is 280 g/mol. The number of amides is 2. The smallest absolute Gasteiger partial charge is 0.245 e. The number of hydrogen-bond donors (Lipinski definition) is 2. The van der Waals surface area contributed by atoms with Crippen molar-refractivity contribution in [2.75, 3.05) is 19.7 Å². The highest BCUT2D eigenvalue weighted by Gasteiger charge is 2.27. The van der Waals surface area contributed by atoms with Crippen LogP contribution in [0.15, 0.2) is 30.3 Å². The van der Waals surface area contributed by atoms with Crippen molar-refractivity contribution in [1.82, 2.24) is 10.2 Å². The van der Waals surface area contributed by atoms with E-state index in [4.69, 9.17) is 5.11 Å². The van der Waals surface area contributed by atoms with Gasteiger partial charge in [0.15, 0.2) is 0 Å². The Kier molecular flexibility index (Phi) is 7.60. The summed E-state index contributed by atoms with van der Waals surface area (Å²) in [6.45, 7) is 6.37. The molecule has 0 fully saturated rings.